The van der Waals surface area contributed by atoms with Gasteiger partial charge >= 0.3 is 0 Å². The number of nitrogens with one attached hydrogen (secondary N) is 1. The van der Waals surface area contributed by atoms with Crippen molar-refractivity contribution in [1.82, 2.24) is 10.3 Å². The van der Waals surface area contributed by atoms with Gasteiger partial charge in [0.15, 0.2) is 0 Å². The second-order valence-corrected chi connectivity index (χ2v) is 6.16. The molecule has 1 N–H and O–H groups in total. The van der Waals surface area contributed by atoms with E-state index in [0.717, 1.165) is 16.0 Å². The molecule has 2 nitrogen and oxygen atoms in total. The van der Waals surface area contributed by atoms with Crippen molar-refractivity contribution in [3.8, 4) is 0 Å². The Morgan fingerprint density at radius 1 is 1.32 bits per heavy atom. The van der Waals surface area contributed by atoms with E-state index in [1.807, 2.05) is 24.4 Å². The standard InChI is InChI=1S/C15H17BrN2S/c1-3-17-11(2)12-7-8-14(13(16)10-12)19-15-6-4-5-9-18-15/h4-11,17H,3H2,1-2H3. The smallest absolute Gasteiger partial charge is 0.101 e. The molecule has 19 heavy (non-hydrogen) atoms. The molecule has 1 heterocycles. The van der Waals surface area contributed by atoms with Crippen LogP contribution in [0, 0.1) is 0 Å². The maximum Gasteiger partial charge on any atom is 0.101 e. The first kappa shape index (κ1) is 14.6. The predicted octanol–water partition coefficient (Wildman–Crippen LogP) is 4.67. The minimum absolute atomic E-state index is 0.371. The Balaban J connectivity index is 2.15. The molecule has 1 unspecified atom stereocenters. The van der Waals surface area contributed by atoms with Crippen molar-refractivity contribution in [3.63, 3.8) is 0 Å². The van der Waals surface area contributed by atoms with E-state index in [9.17, 15) is 0 Å². The minimum Gasteiger partial charge on any atom is -0.310 e. The van der Waals surface area contributed by atoms with E-state index in [4.69, 9.17) is 0 Å². The monoisotopic (exact) mass is 336 g/mol. The highest BCUT2D eigenvalue weighted by Gasteiger charge is 2.08. The summed E-state index contributed by atoms with van der Waals surface area (Å²) in [6.45, 7) is 5.27. The lowest BCUT2D eigenvalue weighted by molar-refractivity contribution is 0.597. The Labute approximate surface area is 127 Å². The summed E-state index contributed by atoms with van der Waals surface area (Å²) in [4.78, 5) is 5.52. The van der Waals surface area contributed by atoms with Crippen molar-refractivity contribution in [1.29, 1.82) is 0 Å². The molecular weight excluding hydrogens is 320 g/mol. The molecule has 0 aliphatic rings. The number of rotatable bonds is 5. The number of benzene rings is 1. The van der Waals surface area contributed by atoms with Gasteiger partial charge in [-0.2, -0.15) is 0 Å². The van der Waals surface area contributed by atoms with Crippen LogP contribution in [0.25, 0.3) is 0 Å². The van der Waals surface area contributed by atoms with Crippen LogP contribution in [0.2, 0.25) is 0 Å². The summed E-state index contributed by atoms with van der Waals surface area (Å²) >= 11 is 5.32. The molecule has 0 radical (unpaired) electrons. The lowest BCUT2D eigenvalue weighted by Gasteiger charge is -2.14. The minimum atomic E-state index is 0.371. The number of halogens is 1. The van der Waals surface area contributed by atoms with Crippen LogP contribution in [0.4, 0.5) is 0 Å². The molecule has 0 saturated carbocycles. The fourth-order valence-electron chi connectivity index (χ4n) is 1.81. The van der Waals surface area contributed by atoms with Crippen molar-refractivity contribution in [2.24, 2.45) is 0 Å². The summed E-state index contributed by atoms with van der Waals surface area (Å²) in [6, 6.07) is 12.8. The number of aromatic nitrogens is 1. The first-order valence-corrected chi connectivity index (χ1v) is 7.93. The Morgan fingerprint density at radius 3 is 2.79 bits per heavy atom. The van der Waals surface area contributed by atoms with Crippen molar-refractivity contribution < 1.29 is 0 Å². The Kier molecular flexibility index (Phi) is 5.43. The normalized spacial score (nSPS) is 12.4. The SMILES string of the molecule is CCNC(C)c1ccc(Sc2ccccn2)c(Br)c1. The van der Waals surface area contributed by atoms with Crippen LogP contribution in [-0.4, -0.2) is 11.5 Å². The molecule has 100 valence electrons. The molecule has 0 fully saturated rings. The van der Waals surface area contributed by atoms with E-state index < -0.39 is 0 Å². The van der Waals surface area contributed by atoms with Crippen LogP contribution in [0.15, 0.2) is 57.0 Å². The zero-order valence-corrected chi connectivity index (χ0v) is 13.5. The molecule has 0 saturated heterocycles. The topological polar surface area (TPSA) is 24.9 Å². The highest BCUT2D eigenvalue weighted by molar-refractivity contribution is 9.10. The van der Waals surface area contributed by atoms with Gasteiger partial charge in [-0.3, -0.25) is 0 Å². The van der Waals surface area contributed by atoms with Crippen LogP contribution in [0.1, 0.15) is 25.5 Å². The van der Waals surface area contributed by atoms with Gasteiger partial charge in [0, 0.05) is 21.6 Å². The third-order valence-electron chi connectivity index (χ3n) is 2.82. The highest BCUT2D eigenvalue weighted by atomic mass is 79.9. The van der Waals surface area contributed by atoms with E-state index in [1.165, 1.54) is 10.5 Å². The largest absolute Gasteiger partial charge is 0.310 e. The molecule has 2 aromatic rings. The summed E-state index contributed by atoms with van der Waals surface area (Å²) in [7, 11) is 0. The number of hydrogen-bond donors (Lipinski definition) is 1. The zero-order chi connectivity index (χ0) is 13.7. The van der Waals surface area contributed by atoms with Crippen LogP contribution in [-0.2, 0) is 0 Å². The molecule has 1 aromatic carbocycles. The van der Waals surface area contributed by atoms with Crippen LogP contribution >= 0.6 is 27.7 Å². The summed E-state index contributed by atoms with van der Waals surface area (Å²) < 4.78 is 1.12. The molecule has 0 spiro atoms. The van der Waals surface area contributed by atoms with Gasteiger partial charge in [-0.15, -0.1) is 0 Å². The summed E-state index contributed by atoms with van der Waals surface area (Å²) in [6.07, 6.45) is 1.82. The molecular formula is C15H17BrN2S. The average molecular weight is 337 g/mol. The van der Waals surface area contributed by atoms with Crippen LogP contribution in [0.5, 0.6) is 0 Å². The van der Waals surface area contributed by atoms with Gasteiger partial charge in [-0.1, -0.05) is 30.8 Å². The van der Waals surface area contributed by atoms with Gasteiger partial charge in [0.1, 0.15) is 5.03 Å². The van der Waals surface area contributed by atoms with Gasteiger partial charge in [0.2, 0.25) is 0 Å². The van der Waals surface area contributed by atoms with Gasteiger partial charge in [0.05, 0.1) is 0 Å². The zero-order valence-electron chi connectivity index (χ0n) is 11.1. The molecule has 1 atom stereocenters. The van der Waals surface area contributed by atoms with Gasteiger partial charge in [-0.25, -0.2) is 4.98 Å². The molecule has 0 aliphatic carbocycles. The first-order valence-electron chi connectivity index (χ1n) is 6.32. The lowest BCUT2D eigenvalue weighted by atomic mass is 10.1. The number of hydrogen-bond acceptors (Lipinski definition) is 3. The second kappa shape index (κ2) is 7.08. The third kappa shape index (κ3) is 4.06. The van der Waals surface area contributed by atoms with E-state index in [2.05, 4.69) is 58.3 Å². The van der Waals surface area contributed by atoms with Crippen LogP contribution in [0.3, 0.4) is 0 Å². The van der Waals surface area contributed by atoms with E-state index in [0.29, 0.717) is 6.04 Å². The molecule has 2 rings (SSSR count). The Morgan fingerprint density at radius 2 is 2.16 bits per heavy atom. The number of pyridine rings is 1. The van der Waals surface area contributed by atoms with E-state index in [-0.39, 0.29) is 0 Å². The predicted molar refractivity (Wildman–Crippen MR) is 84.6 cm³/mol. The lowest BCUT2D eigenvalue weighted by Crippen LogP contribution is -2.17. The van der Waals surface area contributed by atoms with Crippen molar-refractivity contribution in [2.75, 3.05) is 6.54 Å². The van der Waals surface area contributed by atoms with E-state index >= 15 is 0 Å². The van der Waals surface area contributed by atoms with Gasteiger partial charge in [-0.05, 0) is 59.2 Å². The first-order chi connectivity index (χ1) is 9.20. The maximum atomic E-state index is 4.33. The molecule has 0 aliphatic heterocycles. The quantitative estimate of drug-likeness (QED) is 0.858. The number of nitrogens with zero attached hydrogens (tertiary/aromatic N) is 1. The summed E-state index contributed by atoms with van der Waals surface area (Å²) in [5, 5.41) is 4.43. The maximum absolute atomic E-state index is 4.33. The average Bonchev–Trinajstić information content (AvgIpc) is 2.42. The summed E-state index contributed by atoms with van der Waals surface area (Å²) in [5.74, 6) is 0. The second-order valence-electron chi connectivity index (χ2n) is 4.24. The van der Waals surface area contributed by atoms with Crippen molar-refractivity contribution in [3.05, 3.63) is 52.6 Å². The van der Waals surface area contributed by atoms with Crippen molar-refractivity contribution in [2.45, 2.75) is 29.8 Å². The van der Waals surface area contributed by atoms with Gasteiger partial charge < -0.3 is 5.32 Å². The van der Waals surface area contributed by atoms with Crippen molar-refractivity contribution >= 4 is 27.7 Å². The molecule has 1 aromatic heterocycles. The van der Waals surface area contributed by atoms with E-state index in [1.54, 1.807) is 11.8 Å². The van der Waals surface area contributed by atoms with Crippen LogP contribution < -0.4 is 5.32 Å². The Hall–Kier alpha value is -0.840. The highest BCUT2D eigenvalue weighted by Crippen LogP contribution is 2.33. The third-order valence-corrected chi connectivity index (χ3v) is 4.76. The molecule has 4 heteroatoms. The fraction of sp³-hybridized carbons (Fsp3) is 0.267. The Bertz CT molecular complexity index is 531. The fourth-order valence-corrected chi connectivity index (χ4v) is 3.23. The summed E-state index contributed by atoms with van der Waals surface area (Å²) in [5.41, 5.74) is 1.29. The molecule has 0 bridgehead atoms. The van der Waals surface area contributed by atoms with Gasteiger partial charge in [0.25, 0.3) is 0 Å². The molecule has 0 amide bonds.